The van der Waals surface area contributed by atoms with Crippen LogP contribution in [0.5, 0.6) is 0 Å². The van der Waals surface area contributed by atoms with Crippen LogP contribution in [0.1, 0.15) is 45.1 Å². The lowest BCUT2D eigenvalue weighted by Gasteiger charge is -2.43. The molecule has 1 aromatic rings. The molecule has 0 amide bonds. The molecule has 2 rings (SSSR count). The minimum atomic E-state index is -0.122. The van der Waals surface area contributed by atoms with Crippen molar-refractivity contribution in [1.82, 2.24) is 0 Å². The van der Waals surface area contributed by atoms with E-state index in [1.54, 1.807) is 0 Å². The Labute approximate surface area is 110 Å². The smallest absolute Gasteiger partial charge is 0.0661 e. The lowest BCUT2D eigenvalue weighted by Crippen LogP contribution is -2.46. The quantitative estimate of drug-likeness (QED) is 0.853. The Morgan fingerprint density at radius 1 is 1.17 bits per heavy atom. The van der Waals surface area contributed by atoms with Crippen LogP contribution in [0.15, 0.2) is 24.3 Å². The molecule has 1 aromatic carbocycles. The highest BCUT2D eigenvalue weighted by Gasteiger charge is 2.37. The molecule has 0 bridgehead atoms. The van der Waals surface area contributed by atoms with Crippen molar-refractivity contribution in [2.24, 2.45) is 5.41 Å². The van der Waals surface area contributed by atoms with E-state index in [0.717, 1.165) is 18.5 Å². The second kappa shape index (κ2) is 4.93. The van der Waals surface area contributed by atoms with Gasteiger partial charge in [-0.25, -0.2) is 0 Å². The standard InChI is InChI=1S/C16H25NO/c1-13-5-4-6-14(11-13)17-16(12-18)9-7-15(2,3)8-10-16/h4-6,11,17-18H,7-10,12H2,1-3H3. The third-order valence-corrected chi connectivity index (χ3v) is 4.29. The fourth-order valence-electron chi connectivity index (χ4n) is 2.76. The first kappa shape index (κ1) is 13.4. The molecule has 18 heavy (non-hydrogen) atoms. The zero-order chi connectivity index (χ0) is 13.2. The van der Waals surface area contributed by atoms with Crippen LogP contribution in [0.3, 0.4) is 0 Å². The molecule has 0 heterocycles. The fraction of sp³-hybridized carbons (Fsp3) is 0.625. The van der Waals surface area contributed by atoms with Crippen molar-refractivity contribution >= 4 is 5.69 Å². The van der Waals surface area contributed by atoms with E-state index in [0.29, 0.717) is 5.41 Å². The second-order valence-corrected chi connectivity index (χ2v) is 6.60. The molecule has 2 N–H and O–H groups in total. The first-order valence-corrected chi connectivity index (χ1v) is 6.91. The van der Waals surface area contributed by atoms with E-state index >= 15 is 0 Å². The van der Waals surface area contributed by atoms with Gasteiger partial charge in [0.25, 0.3) is 0 Å². The second-order valence-electron chi connectivity index (χ2n) is 6.60. The highest BCUT2D eigenvalue weighted by atomic mass is 16.3. The van der Waals surface area contributed by atoms with E-state index in [9.17, 15) is 5.11 Å². The predicted octanol–water partition coefficient (Wildman–Crippen LogP) is 3.74. The molecule has 0 spiro atoms. The normalized spacial score (nSPS) is 21.6. The Morgan fingerprint density at radius 3 is 2.39 bits per heavy atom. The van der Waals surface area contributed by atoms with Gasteiger partial charge in [0.05, 0.1) is 12.1 Å². The molecule has 2 nitrogen and oxygen atoms in total. The molecule has 1 aliphatic rings. The number of rotatable bonds is 3. The fourth-order valence-corrected chi connectivity index (χ4v) is 2.76. The predicted molar refractivity (Wildman–Crippen MR) is 76.9 cm³/mol. The average Bonchev–Trinajstić information content (AvgIpc) is 2.33. The van der Waals surface area contributed by atoms with Gasteiger partial charge in [0.2, 0.25) is 0 Å². The minimum absolute atomic E-state index is 0.122. The molecule has 0 saturated heterocycles. The number of benzene rings is 1. The first-order chi connectivity index (χ1) is 8.45. The summed E-state index contributed by atoms with van der Waals surface area (Å²) in [5.74, 6) is 0. The molecular weight excluding hydrogens is 222 g/mol. The van der Waals surface area contributed by atoms with Gasteiger partial charge in [-0.05, 0) is 55.7 Å². The van der Waals surface area contributed by atoms with Crippen molar-refractivity contribution < 1.29 is 5.11 Å². The van der Waals surface area contributed by atoms with Gasteiger partial charge in [-0.15, -0.1) is 0 Å². The lowest BCUT2D eigenvalue weighted by molar-refractivity contribution is 0.118. The Balaban J connectivity index is 2.10. The number of aliphatic hydroxyl groups excluding tert-OH is 1. The number of aryl methyl sites for hydroxylation is 1. The minimum Gasteiger partial charge on any atom is -0.394 e. The number of hydrogen-bond acceptors (Lipinski definition) is 2. The zero-order valence-corrected chi connectivity index (χ0v) is 11.8. The maximum atomic E-state index is 9.78. The Hall–Kier alpha value is -1.02. The monoisotopic (exact) mass is 247 g/mol. The van der Waals surface area contributed by atoms with Crippen LogP contribution in [0.4, 0.5) is 5.69 Å². The SMILES string of the molecule is Cc1cccc(NC2(CO)CCC(C)(C)CC2)c1. The first-order valence-electron chi connectivity index (χ1n) is 6.91. The molecule has 0 aromatic heterocycles. The third-order valence-electron chi connectivity index (χ3n) is 4.29. The van der Waals surface area contributed by atoms with Crippen LogP contribution >= 0.6 is 0 Å². The van der Waals surface area contributed by atoms with Crippen LogP contribution in [0.2, 0.25) is 0 Å². The Morgan fingerprint density at radius 2 is 1.83 bits per heavy atom. The van der Waals surface area contributed by atoms with E-state index in [1.165, 1.54) is 18.4 Å². The third kappa shape index (κ3) is 3.05. The molecule has 0 radical (unpaired) electrons. The summed E-state index contributed by atoms with van der Waals surface area (Å²) in [5, 5.41) is 13.4. The van der Waals surface area contributed by atoms with Gasteiger partial charge < -0.3 is 10.4 Å². The highest BCUT2D eigenvalue weighted by Crippen LogP contribution is 2.41. The highest BCUT2D eigenvalue weighted by molar-refractivity contribution is 5.48. The Kier molecular flexibility index (Phi) is 3.67. The molecule has 1 saturated carbocycles. The Bertz CT molecular complexity index is 401. The van der Waals surface area contributed by atoms with Crippen molar-refractivity contribution in [3.63, 3.8) is 0 Å². The molecule has 0 atom stereocenters. The molecule has 100 valence electrons. The van der Waals surface area contributed by atoms with Crippen molar-refractivity contribution in [3.8, 4) is 0 Å². The topological polar surface area (TPSA) is 32.3 Å². The summed E-state index contributed by atoms with van der Waals surface area (Å²) in [6, 6.07) is 8.40. The van der Waals surface area contributed by atoms with Gasteiger partial charge in [0.1, 0.15) is 0 Å². The number of anilines is 1. The zero-order valence-electron chi connectivity index (χ0n) is 11.8. The maximum Gasteiger partial charge on any atom is 0.0661 e. The van der Waals surface area contributed by atoms with Gasteiger partial charge in [-0.1, -0.05) is 26.0 Å². The van der Waals surface area contributed by atoms with Crippen molar-refractivity contribution in [2.75, 3.05) is 11.9 Å². The van der Waals surface area contributed by atoms with Crippen molar-refractivity contribution in [2.45, 2.75) is 52.0 Å². The van der Waals surface area contributed by atoms with Crippen LogP contribution in [0.25, 0.3) is 0 Å². The summed E-state index contributed by atoms with van der Waals surface area (Å²) in [7, 11) is 0. The van der Waals surface area contributed by atoms with Crippen molar-refractivity contribution in [1.29, 1.82) is 0 Å². The van der Waals surface area contributed by atoms with Crippen LogP contribution < -0.4 is 5.32 Å². The number of aliphatic hydroxyl groups is 1. The maximum absolute atomic E-state index is 9.78. The van der Waals surface area contributed by atoms with Crippen molar-refractivity contribution in [3.05, 3.63) is 29.8 Å². The van der Waals surface area contributed by atoms with Gasteiger partial charge >= 0.3 is 0 Å². The van der Waals surface area contributed by atoms with Crippen LogP contribution in [-0.2, 0) is 0 Å². The van der Waals surface area contributed by atoms with Gasteiger partial charge in [0, 0.05) is 5.69 Å². The molecular formula is C16H25NO. The van der Waals surface area contributed by atoms with Gasteiger partial charge in [0.15, 0.2) is 0 Å². The van der Waals surface area contributed by atoms with Gasteiger partial charge in [-0.2, -0.15) is 0 Å². The van der Waals surface area contributed by atoms with Crippen LogP contribution in [0, 0.1) is 12.3 Å². The largest absolute Gasteiger partial charge is 0.394 e. The van der Waals surface area contributed by atoms with E-state index in [2.05, 4.69) is 50.4 Å². The molecule has 0 aliphatic heterocycles. The summed E-state index contributed by atoms with van der Waals surface area (Å²) in [6.07, 6.45) is 4.44. The molecule has 1 fully saturated rings. The summed E-state index contributed by atoms with van der Waals surface area (Å²) in [5.41, 5.74) is 2.68. The van der Waals surface area contributed by atoms with Gasteiger partial charge in [-0.3, -0.25) is 0 Å². The summed E-state index contributed by atoms with van der Waals surface area (Å²) in [6.45, 7) is 6.96. The van der Waals surface area contributed by atoms with E-state index in [-0.39, 0.29) is 12.1 Å². The molecule has 2 heteroatoms. The average molecular weight is 247 g/mol. The van der Waals surface area contributed by atoms with E-state index < -0.39 is 0 Å². The number of nitrogens with one attached hydrogen (secondary N) is 1. The summed E-state index contributed by atoms with van der Waals surface area (Å²) in [4.78, 5) is 0. The molecule has 1 aliphatic carbocycles. The summed E-state index contributed by atoms with van der Waals surface area (Å²) < 4.78 is 0. The van der Waals surface area contributed by atoms with E-state index in [1.807, 2.05) is 0 Å². The summed E-state index contributed by atoms with van der Waals surface area (Å²) >= 11 is 0. The molecule has 0 unspecified atom stereocenters. The van der Waals surface area contributed by atoms with E-state index in [4.69, 9.17) is 0 Å². The van der Waals surface area contributed by atoms with Crippen LogP contribution in [-0.4, -0.2) is 17.3 Å². The lowest BCUT2D eigenvalue weighted by atomic mass is 9.69. The number of hydrogen-bond donors (Lipinski definition) is 2.